The van der Waals surface area contributed by atoms with Gasteiger partial charge in [-0.05, 0) is 107 Å². The SMILES string of the molecule is C=C(CC(C)C)C(C)C.CC(C)/C=C/C(C)C.CC(C)CC(=O)C(C)C.CC(C)CNC(C)C.CC(C)CS(=O)C(C)C.CC(C)NC(=O)C(C)C.CC(C)NC(=S)C(C)C.CC(C)OC(=O)C(C)C.CC(C)SC(=O)C(C)C.CC(C)SC(C)C(C)C.CCCC. The van der Waals surface area contributed by atoms with Crippen molar-refractivity contribution in [1.29, 1.82) is 0 Å². The lowest BCUT2D eigenvalue weighted by Gasteiger charge is -2.16. The number of thiocarbonyl (C=S) groups is 1. The fourth-order valence-electron chi connectivity index (χ4n) is 5.06. The Morgan fingerprint density at radius 1 is 0.478 bits per heavy atom. The number of rotatable bonds is 26. The number of hydrogen-bond donors (Lipinski definition) is 3. The molecule has 9 nitrogen and oxygen atoms in total. The molecule has 0 radical (unpaired) electrons. The van der Waals surface area contributed by atoms with Crippen LogP contribution in [0.3, 0.4) is 0 Å². The van der Waals surface area contributed by atoms with Crippen molar-refractivity contribution >= 4 is 74.3 Å². The average Bonchev–Trinajstić information content (AvgIpc) is 3.37. The minimum Gasteiger partial charge on any atom is -0.463 e. The lowest BCUT2D eigenvalue weighted by Crippen LogP contribution is -2.33. The van der Waals surface area contributed by atoms with Gasteiger partial charge in [-0.2, -0.15) is 11.8 Å². The molecule has 0 rings (SSSR count). The van der Waals surface area contributed by atoms with Crippen molar-refractivity contribution in [1.82, 2.24) is 16.0 Å². The number of hydrogen-bond acceptors (Lipinski definition) is 10. The first-order valence-electron chi connectivity index (χ1n) is 36.1. The molecule has 0 aliphatic rings. The smallest absolute Gasteiger partial charge is 0.308 e. The summed E-state index contributed by atoms with van der Waals surface area (Å²) < 4.78 is 15.9. The van der Waals surface area contributed by atoms with Crippen LogP contribution in [0.25, 0.3) is 0 Å². The monoisotopic (exact) mass is 1380 g/mol. The average molecular weight is 1390 g/mol. The van der Waals surface area contributed by atoms with E-state index in [-0.39, 0.29) is 47.7 Å². The zero-order valence-electron chi connectivity index (χ0n) is 69.8. The Labute approximate surface area is 596 Å². The number of unbranched alkanes of at least 4 members (excludes halogenated alkanes) is 1. The predicted molar refractivity (Wildman–Crippen MR) is 433 cm³/mol. The number of esters is 1. The summed E-state index contributed by atoms with van der Waals surface area (Å²) in [6.07, 6.45) is 9.05. The lowest BCUT2D eigenvalue weighted by atomic mass is 9.96. The highest BCUT2D eigenvalue weighted by molar-refractivity contribution is 8.14. The van der Waals surface area contributed by atoms with Crippen LogP contribution in [0.4, 0.5) is 0 Å². The van der Waals surface area contributed by atoms with Crippen molar-refractivity contribution in [2.75, 3.05) is 12.3 Å². The molecule has 0 aliphatic carbocycles. The number of thioether (sulfide) groups is 2. The van der Waals surface area contributed by atoms with E-state index in [0.29, 0.717) is 69.0 Å². The van der Waals surface area contributed by atoms with E-state index in [0.717, 1.165) is 52.0 Å². The third-order valence-corrected chi connectivity index (χ3v) is 16.4. The van der Waals surface area contributed by atoms with E-state index in [1.165, 1.54) is 36.6 Å². The van der Waals surface area contributed by atoms with Crippen LogP contribution in [0, 0.1) is 76.9 Å². The Bertz CT molecular complexity index is 1420. The van der Waals surface area contributed by atoms with Crippen LogP contribution in [0.5, 0.6) is 0 Å². The maximum absolute atomic E-state index is 11.1. The molecule has 0 saturated heterocycles. The molecule has 0 aromatic heterocycles. The Hall–Kier alpha value is -1.54. The van der Waals surface area contributed by atoms with Crippen LogP contribution in [-0.2, 0) is 34.7 Å². The maximum Gasteiger partial charge on any atom is 0.308 e. The summed E-state index contributed by atoms with van der Waals surface area (Å²) in [4.78, 5) is 44.4. The minimum atomic E-state index is -0.602. The zero-order valence-corrected chi connectivity index (χ0v) is 73.1. The first-order chi connectivity index (χ1) is 41.5. The zero-order chi connectivity index (χ0) is 76.1. The van der Waals surface area contributed by atoms with Gasteiger partial charge in [0.1, 0.15) is 5.78 Å². The van der Waals surface area contributed by atoms with Crippen molar-refractivity contribution < 1.29 is 28.1 Å². The molecule has 0 aromatic rings. The standard InChI is InChI=1S/C9H18.C8H16O.C8H18S.C8H16.C7H15NO.C7H15NS.C7H17N.C7H14O2.C7H16OS.C7H14OS.C4H10/c1-7(2)6-9(5)8(3)4;1-6(2)5-8(9)7(3)4;1-6(2)8(5)9-7(3)4;1-7(2)5-6-8(3)4;2*1-5(2)7(9)8-6(3)4;1-6(2)5-8-7(3)4;1-5(2)7(8)9-6(3)4;1-6(2)5-9(8)7(3)4;1-5(2)7(8)9-6(3)4;1-3-4-2/h7-8H,5-6H2,1-4H3;6-7H,5H2,1-4H3;6-8H,1-5H3;5-8H,1-4H3;2*5-6H,1-4H3,(H,8,9);6-8H,5H2,1-4H3;5-6H,1-4H3;6-7H,5H2,1-4H3;5-6H,1-4H3;3-4H2,1-2H3/b;;;6-5+;;;;;;;. The topological polar surface area (TPSA) is 131 Å². The molecule has 92 heavy (non-hydrogen) atoms. The number of ketones is 1. The van der Waals surface area contributed by atoms with Gasteiger partial charge in [0.15, 0.2) is 5.12 Å². The third-order valence-electron chi connectivity index (χ3n) is 11.1. The highest BCUT2D eigenvalue weighted by Gasteiger charge is 2.12. The minimum absolute atomic E-state index is 0.00704. The highest BCUT2D eigenvalue weighted by Crippen LogP contribution is 2.22. The van der Waals surface area contributed by atoms with E-state index in [9.17, 15) is 23.4 Å². The lowest BCUT2D eigenvalue weighted by molar-refractivity contribution is -0.151. The maximum atomic E-state index is 11.1. The van der Waals surface area contributed by atoms with Gasteiger partial charge in [-0.15, -0.1) is 0 Å². The summed E-state index contributed by atoms with van der Waals surface area (Å²) in [6.45, 7) is 94.8. The molecule has 1 amide bonds. The molecule has 3 N–H and O–H groups in total. The van der Waals surface area contributed by atoms with Gasteiger partial charge in [0.05, 0.1) is 17.0 Å². The van der Waals surface area contributed by atoms with Crippen molar-refractivity contribution in [2.24, 2.45) is 76.9 Å². The quantitative estimate of drug-likeness (QED) is 0.0435. The molecule has 0 aliphatic heterocycles. The molecule has 2 atom stereocenters. The number of amides is 1. The van der Waals surface area contributed by atoms with Crippen LogP contribution < -0.4 is 16.0 Å². The summed E-state index contributed by atoms with van der Waals surface area (Å²) in [5.74, 6) is 7.70. The van der Waals surface area contributed by atoms with E-state index in [2.05, 4.69) is 233 Å². The largest absolute Gasteiger partial charge is 0.463 e. The normalized spacial score (nSPS) is 11.6. The fraction of sp³-hybridized carbons (Fsp3) is 0.886. The van der Waals surface area contributed by atoms with Gasteiger partial charge in [0, 0.05) is 80.5 Å². The van der Waals surface area contributed by atoms with Crippen LogP contribution >= 0.6 is 35.7 Å². The van der Waals surface area contributed by atoms with Gasteiger partial charge in [0.2, 0.25) is 5.91 Å². The molecule has 2 unspecified atom stereocenters. The summed E-state index contributed by atoms with van der Waals surface area (Å²) in [7, 11) is -0.602. The first-order valence-corrected chi connectivity index (χ1v) is 39.7. The molecule has 0 spiro atoms. The van der Waals surface area contributed by atoms with E-state index in [4.69, 9.17) is 17.0 Å². The number of Topliss-reactive ketones (excluding diaryl/α,β-unsaturated/α-hetero) is 1. The Balaban J connectivity index is -0.0000000875. The van der Waals surface area contributed by atoms with Crippen molar-refractivity contribution in [3.05, 3.63) is 24.3 Å². The second-order valence-electron chi connectivity index (χ2n) is 30.5. The van der Waals surface area contributed by atoms with Crippen molar-refractivity contribution in [2.45, 2.75) is 369 Å². The first kappa shape index (κ1) is 115. The van der Waals surface area contributed by atoms with E-state index in [1.54, 1.807) is 0 Å². The van der Waals surface area contributed by atoms with Gasteiger partial charge < -0.3 is 20.7 Å². The van der Waals surface area contributed by atoms with Crippen LogP contribution in [-0.4, -0.2) is 89.5 Å². The molecule has 0 aromatic carbocycles. The number of nitrogens with one attached hydrogen (secondary N) is 3. The second kappa shape index (κ2) is 75.2. The molecule has 0 fully saturated rings. The molecule has 0 bridgehead atoms. The molecule has 13 heteroatoms. The number of carbonyl (C=O) groups is 4. The summed E-state index contributed by atoms with van der Waals surface area (Å²) in [5.41, 5.74) is 1.38. The van der Waals surface area contributed by atoms with Gasteiger partial charge in [-0.25, -0.2) is 0 Å². The molecular formula is C79H169N3O6S4. The number of allylic oxidation sites excluding steroid dienone is 3. The van der Waals surface area contributed by atoms with Gasteiger partial charge in [-0.3, -0.25) is 23.4 Å². The molecular weight excluding hydrogens is 1220 g/mol. The fourth-order valence-corrected chi connectivity index (χ4v) is 8.25. The second-order valence-corrected chi connectivity index (χ2v) is 36.5. The van der Waals surface area contributed by atoms with E-state index < -0.39 is 10.8 Å². The Morgan fingerprint density at radius 3 is 0.989 bits per heavy atom. The predicted octanol–water partition coefficient (Wildman–Crippen LogP) is 23.8. The highest BCUT2D eigenvalue weighted by atomic mass is 32.2. The van der Waals surface area contributed by atoms with E-state index in [1.807, 2.05) is 111 Å². The number of ether oxygens (including phenoxy) is 1. The van der Waals surface area contributed by atoms with Crippen LogP contribution in [0.1, 0.15) is 323 Å². The van der Waals surface area contributed by atoms with Crippen molar-refractivity contribution in [3.63, 3.8) is 0 Å². The molecule has 0 heterocycles. The number of carbonyl (C=O) groups excluding carboxylic acids is 4. The van der Waals surface area contributed by atoms with Crippen LogP contribution in [0.2, 0.25) is 0 Å². The van der Waals surface area contributed by atoms with Crippen molar-refractivity contribution in [3.8, 4) is 0 Å². The molecule has 0 saturated carbocycles. The molecule has 560 valence electrons. The van der Waals surface area contributed by atoms with Gasteiger partial charge in [-0.1, -0.05) is 317 Å². The Morgan fingerprint density at radius 2 is 0.880 bits per heavy atom. The van der Waals surface area contributed by atoms with E-state index >= 15 is 0 Å². The van der Waals surface area contributed by atoms with Crippen LogP contribution in [0.15, 0.2) is 24.3 Å². The summed E-state index contributed by atoms with van der Waals surface area (Å²) >= 11 is 8.53. The summed E-state index contributed by atoms with van der Waals surface area (Å²) in [5, 5.41) is 12.0. The third kappa shape index (κ3) is 125. The Kier molecular flexibility index (Phi) is 93.8. The van der Waals surface area contributed by atoms with Gasteiger partial charge in [0.25, 0.3) is 0 Å². The van der Waals surface area contributed by atoms with Gasteiger partial charge >= 0.3 is 5.97 Å². The summed E-state index contributed by atoms with van der Waals surface area (Å²) in [6, 6.07) is 1.37.